The van der Waals surface area contributed by atoms with Crippen LogP contribution < -0.4 is 0 Å². The SMILES string of the molecule is CC(CO)N(C)[C@H]1CCCC[C@@H]1O. The first-order chi connectivity index (χ1) is 6.16. The van der Waals surface area contributed by atoms with E-state index >= 15 is 0 Å². The fraction of sp³-hybridized carbons (Fsp3) is 1.00. The Hall–Kier alpha value is -0.120. The summed E-state index contributed by atoms with van der Waals surface area (Å²) in [5.74, 6) is 0. The molecule has 3 nitrogen and oxygen atoms in total. The van der Waals surface area contributed by atoms with Gasteiger partial charge >= 0.3 is 0 Å². The van der Waals surface area contributed by atoms with Crippen LogP contribution in [0.1, 0.15) is 32.6 Å². The van der Waals surface area contributed by atoms with E-state index in [0.29, 0.717) is 0 Å². The predicted octanol–water partition coefficient (Wildman–Crippen LogP) is 0.602. The minimum atomic E-state index is -0.201. The molecule has 78 valence electrons. The van der Waals surface area contributed by atoms with Gasteiger partial charge in [-0.1, -0.05) is 12.8 Å². The van der Waals surface area contributed by atoms with E-state index in [2.05, 4.69) is 4.90 Å². The third-order valence-corrected chi connectivity index (χ3v) is 3.18. The molecule has 0 spiro atoms. The Morgan fingerprint density at radius 3 is 2.54 bits per heavy atom. The Bertz CT molecular complexity index is 152. The average Bonchev–Trinajstić information content (AvgIpc) is 2.16. The van der Waals surface area contributed by atoms with Gasteiger partial charge in [-0.2, -0.15) is 0 Å². The van der Waals surface area contributed by atoms with Crippen LogP contribution in [0.15, 0.2) is 0 Å². The van der Waals surface area contributed by atoms with Crippen molar-refractivity contribution in [2.45, 2.75) is 50.8 Å². The number of hydrogen-bond acceptors (Lipinski definition) is 3. The van der Waals surface area contributed by atoms with Crippen LogP contribution in [0.4, 0.5) is 0 Å². The molecule has 0 heterocycles. The smallest absolute Gasteiger partial charge is 0.0695 e. The molecule has 0 saturated heterocycles. The topological polar surface area (TPSA) is 43.7 Å². The maximum absolute atomic E-state index is 9.76. The molecule has 2 N–H and O–H groups in total. The molecule has 3 atom stereocenters. The third-order valence-electron chi connectivity index (χ3n) is 3.18. The van der Waals surface area contributed by atoms with E-state index < -0.39 is 0 Å². The monoisotopic (exact) mass is 187 g/mol. The molecule has 1 fully saturated rings. The molecule has 0 aliphatic heterocycles. The van der Waals surface area contributed by atoms with Gasteiger partial charge in [-0.25, -0.2) is 0 Å². The van der Waals surface area contributed by atoms with Gasteiger partial charge in [0, 0.05) is 12.1 Å². The summed E-state index contributed by atoms with van der Waals surface area (Å²) in [6.07, 6.45) is 4.10. The second-order valence-electron chi connectivity index (χ2n) is 4.12. The van der Waals surface area contributed by atoms with Crippen molar-refractivity contribution >= 4 is 0 Å². The highest BCUT2D eigenvalue weighted by Gasteiger charge is 2.28. The van der Waals surface area contributed by atoms with Crippen molar-refractivity contribution in [2.24, 2.45) is 0 Å². The van der Waals surface area contributed by atoms with E-state index in [1.807, 2.05) is 14.0 Å². The number of rotatable bonds is 3. The van der Waals surface area contributed by atoms with Crippen molar-refractivity contribution in [1.82, 2.24) is 4.90 Å². The van der Waals surface area contributed by atoms with Crippen LogP contribution in [0, 0.1) is 0 Å². The number of aliphatic hydroxyl groups excluding tert-OH is 2. The summed E-state index contributed by atoms with van der Waals surface area (Å²) in [5, 5.41) is 18.8. The largest absolute Gasteiger partial charge is 0.395 e. The van der Waals surface area contributed by atoms with E-state index in [1.54, 1.807) is 0 Å². The zero-order chi connectivity index (χ0) is 9.84. The van der Waals surface area contributed by atoms with Gasteiger partial charge in [0.15, 0.2) is 0 Å². The number of likely N-dealkylation sites (N-methyl/N-ethyl adjacent to an activating group) is 1. The minimum Gasteiger partial charge on any atom is -0.395 e. The fourth-order valence-electron chi connectivity index (χ4n) is 2.02. The van der Waals surface area contributed by atoms with Gasteiger partial charge in [0.25, 0.3) is 0 Å². The molecule has 1 rings (SSSR count). The molecule has 1 aliphatic carbocycles. The van der Waals surface area contributed by atoms with Crippen LogP contribution >= 0.6 is 0 Å². The van der Waals surface area contributed by atoms with Crippen LogP contribution in [0.2, 0.25) is 0 Å². The van der Waals surface area contributed by atoms with E-state index in [9.17, 15) is 5.11 Å². The van der Waals surface area contributed by atoms with Crippen molar-refractivity contribution in [3.63, 3.8) is 0 Å². The molecule has 0 bridgehead atoms. The Morgan fingerprint density at radius 2 is 2.00 bits per heavy atom. The van der Waals surface area contributed by atoms with Crippen LogP contribution in [0.3, 0.4) is 0 Å². The molecular formula is C10H21NO2. The molecule has 0 amide bonds. The second-order valence-corrected chi connectivity index (χ2v) is 4.12. The van der Waals surface area contributed by atoms with E-state index in [0.717, 1.165) is 19.3 Å². The Kier molecular flexibility index (Phi) is 4.16. The van der Waals surface area contributed by atoms with E-state index in [1.165, 1.54) is 6.42 Å². The zero-order valence-electron chi connectivity index (χ0n) is 8.61. The van der Waals surface area contributed by atoms with Gasteiger partial charge in [-0.3, -0.25) is 4.90 Å². The zero-order valence-corrected chi connectivity index (χ0v) is 8.61. The highest BCUT2D eigenvalue weighted by molar-refractivity contribution is 4.83. The lowest BCUT2D eigenvalue weighted by Crippen LogP contribution is -2.48. The highest BCUT2D eigenvalue weighted by atomic mass is 16.3. The first-order valence-electron chi connectivity index (χ1n) is 5.17. The van der Waals surface area contributed by atoms with Gasteiger partial charge < -0.3 is 10.2 Å². The molecule has 0 aromatic heterocycles. The summed E-state index contributed by atoms with van der Waals surface area (Å²) >= 11 is 0. The van der Waals surface area contributed by atoms with Gasteiger partial charge in [0.2, 0.25) is 0 Å². The molecule has 1 saturated carbocycles. The molecule has 0 aromatic carbocycles. The number of hydrogen-bond donors (Lipinski definition) is 2. The third kappa shape index (κ3) is 2.66. The normalized spacial score (nSPS) is 32.1. The lowest BCUT2D eigenvalue weighted by Gasteiger charge is -2.38. The van der Waals surface area contributed by atoms with Gasteiger partial charge in [-0.05, 0) is 26.8 Å². The summed E-state index contributed by atoms with van der Waals surface area (Å²) in [4.78, 5) is 2.10. The van der Waals surface area contributed by atoms with Gasteiger partial charge in [-0.15, -0.1) is 0 Å². The number of aliphatic hydroxyl groups is 2. The molecule has 0 aromatic rings. The Balaban J connectivity index is 2.47. The Labute approximate surface area is 80.4 Å². The first kappa shape index (κ1) is 11.0. The molecule has 1 aliphatic rings. The summed E-state index contributed by atoms with van der Waals surface area (Å²) in [6, 6.07) is 0.397. The van der Waals surface area contributed by atoms with Crippen molar-refractivity contribution in [3.8, 4) is 0 Å². The van der Waals surface area contributed by atoms with Crippen molar-refractivity contribution < 1.29 is 10.2 Å². The molecule has 1 unspecified atom stereocenters. The fourth-order valence-corrected chi connectivity index (χ4v) is 2.02. The van der Waals surface area contributed by atoms with Crippen molar-refractivity contribution in [2.75, 3.05) is 13.7 Å². The maximum atomic E-state index is 9.76. The molecular weight excluding hydrogens is 166 g/mol. The average molecular weight is 187 g/mol. The molecule has 0 radical (unpaired) electrons. The van der Waals surface area contributed by atoms with E-state index in [-0.39, 0.29) is 24.8 Å². The van der Waals surface area contributed by atoms with Crippen molar-refractivity contribution in [1.29, 1.82) is 0 Å². The van der Waals surface area contributed by atoms with Gasteiger partial charge in [0.05, 0.1) is 12.7 Å². The lowest BCUT2D eigenvalue weighted by molar-refractivity contribution is 0.00462. The quantitative estimate of drug-likeness (QED) is 0.680. The van der Waals surface area contributed by atoms with Crippen LogP contribution in [0.25, 0.3) is 0 Å². The number of nitrogens with zero attached hydrogens (tertiary/aromatic N) is 1. The lowest BCUT2D eigenvalue weighted by atomic mass is 9.91. The second kappa shape index (κ2) is 4.94. The van der Waals surface area contributed by atoms with E-state index in [4.69, 9.17) is 5.11 Å². The summed E-state index contributed by atoms with van der Waals surface area (Å²) < 4.78 is 0. The highest BCUT2D eigenvalue weighted by Crippen LogP contribution is 2.23. The standard InChI is InChI=1S/C10H21NO2/c1-8(7-12)11(2)9-5-3-4-6-10(9)13/h8-10,12-13H,3-7H2,1-2H3/t8?,9-,10-/m0/s1. The summed E-state index contributed by atoms with van der Waals surface area (Å²) in [5.41, 5.74) is 0. The summed E-state index contributed by atoms with van der Waals surface area (Å²) in [7, 11) is 1.99. The van der Waals surface area contributed by atoms with Gasteiger partial charge in [0.1, 0.15) is 0 Å². The first-order valence-corrected chi connectivity index (χ1v) is 5.17. The van der Waals surface area contributed by atoms with Crippen LogP contribution in [-0.2, 0) is 0 Å². The van der Waals surface area contributed by atoms with Crippen LogP contribution in [0.5, 0.6) is 0 Å². The minimum absolute atomic E-state index is 0.151. The van der Waals surface area contributed by atoms with Crippen molar-refractivity contribution in [3.05, 3.63) is 0 Å². The maximum Gasteiger partial charge on any atom is 0.0695 e. The molecule has 13 heavy (non-hydrogen) atoms. The van der Waals surface area contributed by atoms with Crippen LogP contribution in [-0.4, -0.2) is 47.0 Å². The summed E-state index contributed by atoms with van der Waals surface area (Å²) in [6.45, 7) is 2.15. The molecule has 3 heteroatoms. The predicted molar refractivity (Wildman–Crippen MR) is 52.6 cm³/mol. The Morgan fingerprint density at radius 1 is 1.38 bits per heavy atom.